The summed E-state index contributed by atoms with van der Waals surface area (Å²) in [4.78, 5) is 11.1. The van der Waals surface area contributed by atoms with Crippen LogP contribution in [0.4, 0.5) is 0 Å². The lowest BCUT2D eigenvalue weighted by atomic mass is 9.62. The predicted molar refractivity (Wildman–Crippen MR) is 147 cm³/mol. The molecule has 9 nitrogen and oxygen atoms in total. The molecule has 11 atom stereocenters. The number of ether oxygens (including phenoxy) is 2. The van der Waals surface area contributed by atoms with Gasteiger partial charge in [0.25, 0.3) is 0 Å². The van der Waals surface area contributed by atoms with Crippen LogP contribution >= 0.6 is 0 Å². The second-order valence-electron chi connectivity index (χ2n) is 11.9. The largest absolute Gasteiger partial charge is 0.394 e. The Hall–Kier alpha value is -2.63. The number of pyridine rings is 1. The maximum atomic E-state index is 10.8. The fourth-order valence-electron chi connectivity index (χ4n) is 7.92. The predicted octanol–water partition coefficient (Wildman–Crippen LogP) is 2.35. The summed E-state index contributed by atoms with van der Waals surface area (Å²) in [6, 6.07) is 12.9. The Bertz CT molecular complexity index is 1450. The van der Waals surface area contributed by atoms with Crippen molar-refractivity contribution in [3.63, 3.8) is 0 Å². The third kappa shape index (κ3) is 3.84. The van der Waals surface area contributed by atoms with Crippen molar-refractivity contribution in [1.82, 2.24) is 14.9 Å². The van der Waals surface area contributed by atoms with Gasteiger partial charge in [-0.05, 0) is 74.4 Å². The lowest BCUT2D eigenvalue weighted by Gasteiger charge is -2.62. The monoisotopic (exact) mass is 547 g/mol. The average molecular weight is 548 g/mol. The number of piperidine rings is 3. The molecule has 2 aromatic heterocycles. The molecule has 0 spiro atoms. The van der Waals surface area contributed by atoms with E-state index >= 15 is 0 Å². The number of H-pyrrole nitrogens is 1. The number of nitrogens with zero attached hydrogens (tertiary/aromatic N) is 2. The molecule has 9 heteroatoms. The van der Waals surface area contributed by atoms with Crippen LogP contribution in [0.2, 0.25) is 0 Å². The van der Waals surface area contributed by atoms with E-state index in [4.69, 9.17) is 14.5 Å². The summed E-state index contributed by atoms with van der Waals surface area (Å²) in [5.74, 6) is 0.297. The maximum Gasteiger partial charge on any atom is 0.188 e. The smallest absolute Gasteiger partial charge is 0.188 e. The number of hydrogen-bond acceptors (Lipinski definition) is 8. The zero-order valence-electron chi connectivity index (χ0n) is 22.9. The van der Waals surface area contributed by atoms with E-state index in [1.54, 1.807) is 0 Å². The highest BCUT2D eigenvalue weighted by Crippen LogP contribution is 2.59. The molecular weight excluding hydrogens is 510 g/mol. The van der Waals surface area contributed by atoms with Gasteiger partial charge in [-0.25, -0.2) is 0 Å². The van der Waals surface area contributed by atoms with Crippen molar-refractivity contribution in [1.29, 1.82) is 0 Å². The first-order valence-corrected chi connectivity index (χ1v) is 14.2. The van der Waals surface area contributed by atoms with E-state index < -0.39 is 43.5 Å². The number of aliphatic hydroxyl groups is 4. The molecule has 7 heterocycles. The molecule has 212 valence electrons. The van der Waals surface area contributed by atoms with Crippen LogP contribution < -0.4 is 0 Å². The molecule has 40 heavy (non-hydrogen) atoms. The number of hydrogen-bond donors (Lipinski definition) is 5. The minimum atomic E-state index is -1.49. The summed E-state index contributed by atoms with van der Waals surface area (Å²) in [6.07, 6.45) is -3.33. The molecule has 8 rings (SSSR count). The number of aromatic amines is 1. The molecule has 5 N–H and O–H groups in total. The number of rotatable bonds is 4. The van der Waals surface area contributed by atoms with E-state index in [-0.39, 0.29) is 23.9 Å². The molecule has 0 radical (unpaired) electrons. The van der Waals surface area contributed by atoms with E-state index in [0.29, 0.717) is 0 Å². The SMILES string of the molecule is C/C=C1\[C@H]2C[C@H]3c4[nH]c5ccccc5c4C[C@@H]([C@@H]2c2cc(C)cc(C)n2)N3[C@@H]1O[C@@H]1O[C@H](CO)[C@@H](O)[C@H](O)[C@H]1O. The first-order chi connectivity index (χ1) is 19.3. The summed E-state index contributed by atoms with van der Waals surface area (Å²) in [5, 5.41) is 42.6. The van der Waals surface area contributed by atoms with Gasteiger partial charge in [-0.1, -0.05) is 24.3 Å². The number of aromatic nitrogens is 2. The van der Waals surface area contributed by atoms with Crippen LogP contribution in [-0.4, -0.2) is 84.9 Å². The van der Waals surface area contributed by atoms with Gasteiger partial charge in [-0.15, -0.1) is 0 Å². The molecule has 1 unspecified atom stereocenters. The maximum absolute atomic E-state index is 10.8. The van der Waals surface area contributed by atoms with Gasteiger partial charge in [0.1, 0.15) is 30.6 Å². The van der Waals surface area contributed by atoms with E-state index in [0.717, 1.165) is 35.3 Å². The summed E-state index contributed by atoms with van der Waals surface area (Å²) >= 11 is 0. The second kappa shape index (κ2) is 9.73. The highest BCUT2D eigenvalue weighted by molar-refractivity contribution is 5.85. The minimum Gasteiger partial charge on any atom is -0.394 e. The fourth-order valence-corrected chi connectivity index (χ4v) is 7.92. The lowest BCUT2D eigenvalue weighted by Crippen LogP contribution is -2.66. The van der Waals surface area contributed by atoms with Crippen LogP contribution in [0.15, 0.2) is 48.0 Å². The minimum absolute atomic E-state index is 0.0619. The number of aliphatic hydroxyl groups excluding tert-OH is 4. The zero-order valence-corrected chi connectivity index (χ0v) is 22.9. The summed E-state index contributed by atoms with van der Waals surface area (Å²) in [7, 11) is 0. The molecule has 5 aliphatic heterocycles. The van der Waals surface area contributed by atoms with E-state index in [2.05, 4.69) is 53.2 Å². The van der Waals surface area contributed by atoms with Gasteiger partial charge < -0.3 is 34.9 Å². The van der Waals surface area contributed by atoms with Gasteiger partial charge in [0, 0.05) is 39.9 Å². The highest BCUT2D eigenvalue weighted by atomic mass is 16.7. The highest BCUT2D eigenvalue weighted by Gasteiger charge is 2.59. The molecule has 0 saturated carbocycles. The molecule has 4 saturated heterocycles. The average Bonchev–Trinajstić information content (AvgIpc) is 3.31. The Labute approximate surface area is 233 Å². The molecule has 0 amide bonds. The zero-order chi connectivity index (χ0) is 27.9. The quantitative estimate of drug-likeness (QED) is 0.315. The number of nitrogens with one attached hydrogen (secondary N) is 1. The second-order valence-corrected chi connectivity index (χ2v) is 11.9. The van der Waals surface area contributed by atoms with Gasteiger partial charge in [0.2, 0.25) is 0 Å². The molecule has 0 aliphatic carbocycles. The van der Waals surface area contributed by atoms with Gasteiger partial charge >= 0.3 is 0 Å². The molecular formula is C31H37N3O6. The fraction of sp³-hybridized carbons (Fsp3) is 0.516. The van der Waals surface area contributed by atoms with Crippen LogP contribution in [0.3, 0.4) is 0 Å². The number of fused-ring (bicyclic) bond motifs is 4. The van der Waals surface area contributed by atoms with Crippen molar-refractivity contribution in [2.24, 2.45) is 5.92 Å². The van der Waals surface area contributed by atoms with Gasteiger partial charge in [0.05, 0.1) is 12.6 Å². The van der Waals surface area contributed by atoms with Gasteiger partial charge in [-0.2, -0.15) is 0 Å². The van der Waals surface area contributed by atoms with Crippen LogP contribution in [0, 0.1) is 19.8 Å². The Morgan fingerprint density at radius 2 is 1.93 bits per heavy atom. The van der Waals surface area contributed by atoms with Crippen molar-refractivity contribution in [2.75, 3.05) is 6.61 Å². The third-order valence-electron chi connectivity index (χ3n) is 9.55. The Morgan fingerprint density at radius 1 is 1.12 bits per heavy atom. The number of para-hydroxylation sites is 1. The Kier molecular flexibility index (Phi) is 6.40. The van der Waals surface area contributed by atoms with Crippen molar-refractivity contribution < 1.29 is 29.9 Å². The van der Waals surface area contributed by atoms with Crippen molar-refractivity contribution in [3.05, 3.63) is 76.3 Å². The Balaban J connectivity index is 1.33. The van der Waals surface area contributed by atoms with Crippen molar-refractivity contribution in [3.8, 4) is 0 Å². The van der Waals surface area contributed by atoms with Crippen LogP contribution in [-0.2, 0) is 15.9 Å². The van der Waals surface area contributed by atoms with E-state index in [1.165, 1.54) is 22.2 Å². The number of allylic oxidation sites excluding steroid dienone is 1. The standard InChI is InChI=1S/C31H37N3O6/c1-4-16-18-11-23-26-19(17-7-5-6-8-20(17)33-26)12-22(25(18)21-10-14(2)9-15(3)32-21)34(23)30(16)40-31-29(38)28(37)27(36)24(13-35)39-31/h4-10,18,22-25,27-31,33,35-38H,11-13H2,1-3H3/b16-4+/t18-,22+,23+,24-,25+,27-,28+,29-,30-,31+/m1/s1. The first-order valence-electron chi connectivity index (χ1n) is 14.2. The van der Waals surface area contributed by atoms with Crippen molar-refractivity contribution >= 4 is 10.9 Å². The van der Waals surface area contributed by atoms with Crippen LogP contribution in [0.5, 0.6) is 0 Å². The first kappa shape index (κ1) is 26.3. The summed E-state index contributed by atoms with van der Waals surface area (Å²) in [6.45, 7) is 5.67. The topological polar surface area (TPSA) is 131 Å². The lowest BCUT2D eigenvalue weighted by molar-refractivity contribution is -0.329. The number of aryl methyl sites for hydroxylation is 2. The molecule has 4 fully saturated rings. The molecule has 1 aromatic carbocycles. The van der Waals surface area contributed by atoms with Gasteiger partial charge in [-0.3, -0.25) is 9.88 Å². The molecule has 3 aromatic rings. The van der Waals surface area contributed by atoms with Crippen LogP contribution in [0.25, 0.3) is 10.9 Å². The summed E-state index contributed by atoms with van der Waals surface area (Å²) < 4.78 is 12.4. The van der Waals surface area contributed by atoms with E-state index in [9.17, 15) is 20.4 Å². The molecule has 5 aliphatic rings. The van der Waals surface area contributed by atoms with Crippen molar-refractivity contribution in [2.45, 2.75) is 88.5 Å². The Morgan fingerprint density at radius 3 is 2.67 bits per heavy atom. The van der Waals surface area contributed by atoms with Gasteiger partial charge in [0.15, 0.2) is 6.29 Å². The molecule has 4 bridgehead atoms. The normalized spacial score (nSPS) is 39.6. The third-order valence-corrected chi connectivity index (χ3v) is 9.55. The van der Waals surface area contributed by atoms with Crippen LogP contribution in [0.1, 0.15) is 53.5 Å². The van der Waals surface area contributed by atoms with E-state index in [1.807, 2.05) is 19.9 Å². The number of benzene rings is 1. The summed E-state index contributed by atoms with van der Waals surface area (Å²) in [5.41, 5.74) is 8.03.